The van der Waals surface area contributed by atoms with Crippen molar-refractivity contribution in [3.8, 4) is 17.6 Å². The Labute approximate surface area is 400 Å². The van der Waals surface area contributed by atoms with Crippen LogP contribution < -0.4 is 15.2 Å². The number of nitrogens with two attached hydrogens (primary N) is 1. The van der Waals surface area contributed by atoms with E-state index in [0.717, 1.165) is 24.8 Å². The number of imidazole rings is 1. The summed E-state index contributed by atoms with van der Waals surface area (Å²) in [6.07, 6.45) is 0.256. The van der Waals surface area contributed by atoms with Crippen molar-refractivity contribution in [1.29, 1.82) is 5.26 Å². The number of nitrogens with zero attached hydrogens (tertiary/aromatic N) is 6. The summed E-state index contributed by atoms with van der Waals surface area (Å²) < 4.78 is 51.3. The van der Waals surface area contributed by atoms with Gasteiger partial charge in [-0.25, -0.2) is 19.6 Å². The van der Waals surface area contributed by atoms with Gasteiger partial charge in [0.15, 0.2) is 29.6 Å². The molecule has 16 heteroatoms. The zero-order valence-electron chi connectivity index (χ0n) is 39.8. The first-order valence-electron chi connectivity index (χ1n) is 23.1. The predicted octanol–water partition coefficient (Wildman–Crippen LogP) is 9.82. The number of methoxy groups -OCH3 is 2. The smallest absolute Gasteiger partial charge is 0.259 e. The van der Waals surface area contributed by atoms with Gasteiger partial charge >= 0.3 is 0 Å². The fraction of sp³-hybridized carbons (Fsp3) is 0.404. The highest BCUT2D eigenvalue weighted by atomic mass is 31.2. The number of aromatic nitrogens is 4. The third-order valence-corrected chi connectivity index (χ3v) is 14.0. The average molecular weight is 944 g/mol. The van der Waals surface area contributed by atoms with Crippen molar-refractivity contribution in [2.24, 2.45) is 0 Å². The molecule has 6 atom stereocenters. The number of unbranched alkanes of at least 4 members (excludes halogenated alkanes) is 2. The predicted molar refractivity (Wildman–Crippen MR) is 261 cm³/mol. The van der Waals surface area contributed by atoms with Crippen LogP contribution in [-0.2, 0) is 28.9 Å². The zero-order chi connectivity index (χ0) is 48.2. The Bertz CT molecular complexity index is 2500. The van der Waals surface area contributed by atoms with Crippen LogP contribution >= 0.6 is 8.53 Å². The number of Topliss-reactive ketones (excluding diaryl/α,β-unsaturated/α-hetero) is 1. The quantitative estimate of drug-likeness (QED) is 0.0262. The number of nitriles is 1. The van der Waals surface area contributed by atoms with Crippen LogP contribution in [-0.4, -0.2) is 93.9 Å². The van der Waals surface area contributed by atoms with Gasteiger partial charge in [0.1, 0.15) is 47.3 Å². The maximum atomic E-state index is 15.9. The van der Waals surface area contributed by atoms with E-state index in [4.69, 9.17) is 38.5 Å². The maximum Gasteiger partial charge on any atom is 0.259 e. The first-order valence-corrected chi connectivity index (χ1v) is 24.3. The minimum absolute atomic E-state index is 0.0465. The summed E-state index contributed by atoms with van der Waals surface area (Å²) in [6, 6.07) is 36.2. The zero-order valence-corrected chi connectivity index (χ0v) is 40.7. The molecular weight excluding hydrogens is 882 g/mol. The molecule has 0 saturated carbocycles. The molecule has 1 aliphatic rings. The SMILES string of the molecule is CCCCCO[C@@H]1[C@H](OP(OCCC#N)N(C(C)C)C(C)C)[C@@H](C(OC(c2ccccc2)(c2ccc(OC)cc2)c2ccc(OC)cc2)C(=O)c2ccccc2)O[C@H]1n1cnc2c(N)ncnc21. The van der Waals surface area contributed by atoms with E-state index < -0.39 is 44.8 Å². The molecule has 0 bridgehead atoms. The van der Waals surface area contributed by atoms with E-state index in [1.807, 2.05) is 97.1 Å². The number of hydrogen-bond donors (Lipinski definition) is 1. The number of anilines is 1. The molecule has 1 fully saturated rings. The highest BCUT2D eigenvalue weighted by Crippen LogP contribution is 2.53. The second-order valence-corrected chi connectivity index (χ2v) is 18.4. The summed E-state index contributed by atoms with van der Waals surface area (Å²) in [5.74, 6) is 1.12. The van der Waals surface area contributed by atoms with E-state index in [-0.39, 0.29) is 36.7 Å². The largest absolute Gasteiger partial charge is 0.497 e. The van der Waals surface area contributed by atoms with E-state index in [2.05, 4.69) is 60.3 Å². The third kappa shape index (κ3) is 10.9. The topological polar surface area (TPSA) is 178 Å². The summed E-state index contributed by atoms with van der Waals surface area (Å²) in [7, 11) is 1.30. The number of carbonyl (C=O) groups is 1. The summed E-state index contributed by atoms with van der Waals surface area (Å²) in [5, 5.41) is 9.67. The normalized spacial score (nSPS) is 18.2. The summed E-state index contributed by atoms with van der Waals surface area (Å²) >= 11 is 0. The number of ketones is 1. The van der Waals surface area contributed by atoms with Gasteiger partial charge in [0, 0.05) is 24.3 Å². The number of hydrogen-bond acceptors (Lipinski definition) is 14. The van der Waals surface area contributed by atoms with Gasteiger partial charge in [0.05, 0.1) is 39.6 Å². The van der Waals surface area contributed by atoms with Gasteiger partial charge in [-0.2, -0.15) is 5.26 Å². The minimum Gasteiger partial charge on any atom is -0.497 e. The summed E-state index contributed by atoms with van der Waals surface area (Å²) in [6.45, 7) is 10.9. The van der Waals surface area contributed by atoms with Gasteiger partial charge in [-0.3, -0.25) is 9.36 Å². The molecule has 68 heavy (non-hydrogen) atoms. The number of nitrogen functional groups attached to an aromatic ring is 1. The van der Waals surface area contributed by atoms with Crippen LogP contribution in [0.25, 0.3) is 11.2 Å². The molecule has 0 amide bonds. The Kier molecular flexibility index (Phi) is 17.3. The lowest BCUT2D eigenvalue weighted by Gasteiger charge is -2.42. The molecule has 4 aromatic carbocycles. The molecule has 6 aromatic rings. The van der Waals surface area contributed by atoms with Crippen LogP contribution in [0.3, 0.4) is 0 Å². The number of ether oxygens (including phenoxy) is 5. The number of benzene rings is 4. The highest BCUT2D eigenvalue weighted by molar-refractivity contribution is 7.44. The van der Waals surface area contributed by atoms with Gasteiger partial charge in [-0.15, -0.1) is 0 Å². The number of rotatable bonds is 24. The van der Waals surface area contributed by atoms with Crippen LogP contribution in [0.5, 0.6) is 11.5 Å². The van der Waals surface area contributed by atoms with Crippen LogP contribution in [0.4, 0.5) is 5.82 Å². The Morgan fingerprint density at radius 1 is 0.824 bits per heavy atom. The van der Waals surface area contributed by atoms with Gasteiger partial charge in [-0.1, -0.05) is 105 Å². The monoisotopic (exact) mass is 943 g/mol. The van der Waals surface area contributed by atoms with E-state index in [1.54, 1.807) is 37.2 Å². The fourth-order valence-electron chi connectivity index (χ4n) is 8.71. The Morgan fingerprint density at radius 3 is 2.00 bits per heavy atom. The van der Waals surface area contributed by atoms with Gasteiger partial charge in [-0.05, 0) is 75.1 Å². The van der Waals surface area contributed by atoms with Gasteiger partial charge in [0.2, 0.25) is 0 Å². The molecule has 0 aliphatic carbocycles. The van der Waals surface area contributed by atoms with E-state index >= 15 is 4.79 Å². The van der Waals surface area contributed by atoms with Crippen molar-refractivity contribution >= 4 is 31.3 Å². The molecule has 7 rings (SSSR count). The highest BCUT2D eigenvalue weighted by Gasteiger charge is 2.57. The molecule has 0 radical (unpaired) electrons. The Balaban J connectivity index is 1.51. The minimum atomic E-state index is -1.93. The summed E-state index contributed by atoms with van der Waals surface area (Å²) in [5.41, 5.74) is 8.22. The van der Waals surface area contributed by atoms with Crippen molar-refractivity contribution in [2.75, 3.05) is 33.2 Å². The van der Waals surface area contributed by atoms with E-state index in [9.17, 15) is 5.26 Å². The molecule has 2 aromatic heterocycles. The molecule has 1 saturated heterocycles. The summed E-state index contributed by atoms with van der Waals surface area (Å²) in [4.78, 5) is 29.3. The fourth-order valence-corrected chi connectivity index (χ4v) is 10.5. The molecule has 15 nitrogen and oxygen atoms in total. The molecule has 2 unspecified atom stereocenters. The second kappa shape index (κ2) is 23.5. The standard InChI is InChI=1S/C52H62N7O8P/c1-8-9-16-31-63-48-47(67-68(64-32-17-30-53)59(35(2)3)36(4)5)46(65-51(48)58-34-57-43-49(54)55-33-56-50(43)58)45(44(60)37-18-12-10-13-19-37)66-52(38-20-14-11-15-21-38,39-22-26-41(61-6)27-23-39)40-24-28-42(62-7)29-25-40/h10-15,18-29,33-36,45-48,51H,8-9,16-17,31-32H2,1-7H3,(H2,54,55,56)/t45?,46-,47-,48-,51-,68?/m1/s1. The maximum absolute atomic E-state index is 15.9. The molecule has 0 spiro atoms. The third-order valence-electron chi connectivity index (χ3n) is 11.9. The Hall–Kier alpha value is -5.82. The van der Waals surface area contributed by atoms with Crippen molar-refractivity contribution in [2.45, 2.75) is 109 Å². The first-order chi connectivity index (χ1) is 33.1. The van der Waals surface area contributed by atoms with Crippen molar-refractivity contribution in [3.63, 3.8) is 0 Å². The number of fused-ring (bicyclic) bond motifs is 1. The van der Waals surface area contributed by atoms with Gasteiger partial charge < -0.3 is 38.5 Å². The first kappa shape index (κ1) is 50.1. The lowest BCUT2D eigenvalue weighted by Crippen LogP contribution is -2.51. The lowest BCUT2D eigenvalue weighted by atomic mass is 9.79. The lowest BCUT2D eigenvalue weighted by molar-refractivity contribution is -0.125. The number of carbonyl (C=O) groups excluding carboxylic acids is 1. The second-order valence-electron chi connectivity index (χ2n) is 17.0. The van der Waals surface area contributed by atoms with Crippen LogP contribution in [0.15, 0.2) is 122 Å². The van der Waals surface area contributed by atoms with Crippen LogP contribution in [0, 0.1) is 11.3 Å². The molecule has 3 heterocycles. The van der Waals surface area contributed by atoms with Crippen molar-refractivity contribution < 1.29 is 37.5 Å². The van der Waals surface area contributed by atoms with E-state index in [1.165, 1.54) is 6.33 Å². The van der Waals surface area contributed by atoms with Crippen LogP contribution in [0.2, 0.25) is 0 Å². The molecule has 1 aliphatic heterocycles. The average Bonchev–Trinajstić information content (AvgIpc) is 3.95. The Morgan fingerprint density at radius 2 is 1.43 bits per heavy atom. The molecular formula is C52H62N7O8P. The van der Waals surface area contributed by atoms with E-state index in [0.29, 0.717) is 46.0 Å². The molecule has 358 valence electrons. The van der Waals surface area contributed by atoms with Crippen molar-refractivity contribution in [1.82, 2.24) is 24.2 Å². The van der Waals surface area contributed by atoms with Gasteiger partial charge in [0.25, 0.3) is 8.53 Å². The van der Waals surface area contributed by atoms with Crippen molar-refractivity contribution in [3.05, 3.63) is 144 Å². The molecule has 2 N–H and O–H groups in total. The van der Waals surface area contributed by atoms with Crippen LogP contribution in [0.1, 0.15) is 93.6 Å².